The molecule has 2 rings (SSSR count). The molecule has 112 valence electrons. The summed E-state index contributed by atoms with van der Waals surface area (Å²) in [6, 6.07) is 7.26. The molecular weight excluding hydrogens is 422 g/mol. The standard InChI is InChI=1S/C12H8BrCl3N2O2S/c13-6-3-9(15)12(10(16)4-6)21(19,20)18-7-1-2-8(14)11(17)5-7/h1-5,18H,17H2. The number of hydrogen-bond donors (Lipinski definition) is 2. The van der Waals surface area contributed by atoms with Gasteiger partial charge in [-0.2, -0.15) is 0 Å². The molecule has 0 amide bonds. The molecule has 0 unspecified atom stereocenters. The number of halogens is 4. The molecule has 0 radical (unpaired) electrons. The molecule has 0 aliphatic heterocycles. The van der Waals surface area contributed by atoms with Gasteiger partial charge in [0.2, 0.25) is 0 Å². The first-order chi connectivity index (χ1) is 9.70. The minimum atomic E-state index is -3.95. The smallest absolute Gasteiger partial charge is 0.264 e. The van der Waals surface area contributed by atoms with Crippen LogP contribution in [-0.2, 0) is 10.0 Å². The topological polar surface area (TPSA) is 72.2 Å². The first kappa shape index (κ1) is 16.7. The van der Waals surface area contributed by atoms with Crippen LogP contribution in [0.3, 0.4) is 0 Å². The maximum absolute atomic E-state index is 12.4. The summed E-state index contributed by atoms with van der Waals surface area (Å²) in [5.41, 5.74) is 6.14. The van der Waals surface area contributed by atoms with Crippen molar-refractivity contribution in [2.24, 2.45) is 0 Å². The summed E-state index contributed by atoms with van der Waals surface area (Å²) in [6.07, 6.45) is 0. The number of sulfonamides is 1. The molecule has 0 bridgehead atoms. The van der Waals surface area contributed by atoms with Crippen LogP contribution in [0.2, 0.25) is 15.1 Å². The van der Waals surface area contributed by atoms with Gasteiger partial charge in [-0.3, -0.25) is 4.72 Å². The van der Waals surface area contributed by atoms with Crippen LogP contribution in [0.25, 0.3) is 0 Å². The molecular formula is C12H8BrCl3N2O2S. The zero-order valence-electron chi connectivity index (χ0n) is 10.2. The summed E-state index contributed by atoms with van der Waals surface area (Å²) in [5.74, 6) is 0. The van der Waals surface area contributed by atoms with E-state index in [1.807, 2.05) is 0 Å². The third kappa shape index (κ3) is 3.76. The van der Waals surface area contributed by atoms with E-state index >= 15 is 0 Å². The van der Waals surface area contributed by atoms with Crippen LogP contribution in [0.5, 0.6) is 0 Å². The summed E-state index contributed by atoms with van der Waals surface area (Å²) in [7, 11) is -3.95. The fourth-order valence-electron chi connectivity index (χ4n) is 1.60. The second-order valence-electron chi connectivity index (χ2n) is 4.04. The van der Waals surface area contributed by atoms with Crippen molar-refractivity contribution >= 4 is 72.1 Å². The highest BCUT2D eigenvalue weighted by Gasteiger charge is 2.22. The molecule has 0 aliphatic rings. The minimum absolute atomic E-state index is 0.00353. The van der Waals surface area contributed by atoms with Crippen molar-refractivity contribution in [3.8, 4) is 0 Å². The van der Waals surface area contributed by atoms with Gasteiger partial charge in [-0.15, -0.1) is 0 Å². The maximum atomic E-state index is 12.4. The predicted octanol–water partition coefficient (Wildman–Crippen LogP) is 4.79. The van der Waals surface area contributed by atoms with Crippen LogP contribution in [0.4, 0.5) is 11.4 Å². The normalized spacial score (nSPS) is 11.4. The number of hydrogen-bond acceptors (Lipinski definition) is 3. The van der Waals surface area contributed by atoms with Crippen LogP contribution < -0.4 is 10.5 Å². The molecule has 0 fully saturated rings. The Balaban J connectivity index is 2.46. The third-order valence-corrected chi connectivity index (χ3v) is 5.58. The van der Waals surface area contributed by atoms with E-state index in [4.69, 9.17) is 40.5 Å². The van der Waals surface area contributed by atoms with Crippen LogP contribution >= 0.6 is 50.7 Å². The number of benzene rings is 2. The van der Waals surface area contributed by atoms with Crippen molar-refractivity contribution in [3.63, 3.8) is 0 Å². The molecule has 0 aliphatic carbocycles. The fraction of sp³-hybridized carbons (Fsp3) is 0. The van der Waals surface area contributed by atoms with Gasteiger partial charge < -0.3 is 5.73 Å². The lowest BCUT2D eigenvalue weighted by atomic mass is 10.3. The van der Waals surface area contributed by atoms with E-state index in [1.54, 1.807) is 0 Å². The summed E-state index contributed by atoms with van der Waals surface area (Å²) >= 11 is 20.9. The lowest BCUT2D eigenvalue weighted by Crippen LogP contribution is -2.14. The van der Waals surface area contributed by atoms with E-state index < -0.39 is 10.0 Å². The molecule has 0 saturated carbocycles. The Morgan fingerprint density at radius 2 is 1.57 bits per heavy atom. The van der Waals surface area contributed by atoms with Crippen molar-refractivity contribution < 1.29 is 8.42 Å². The van der Waals surface area contributed by atoms with Crippen LogP contribution in [-0.4, -0.2) is 8.42 Å². The summed E-state index contributed by atoms with van der Waals surface area (Å²) in [6.45, 7) is 0. The van der Waals surface area contributed by atoms with E-state index in [0.29, 0.717) is 9.50 Å². The van der Waals surface area contributed by atoms with Gasteiger partial charge in [0.05, 0.1) is 26.4 Å². The molecule has 21 heavy (non-hydrogen) atoms. The predicted molar refractivity (Wildman–Crippen MR) is 90.8 cm³/mol. The Hall–Kier alpha value is -0.660. The molecule has 0 heterocycles. The molecule has 3 N–H and O–H groups in total. The van der Waals surface area contributed by atoms with Gasteiger partial charge in [0.15, 0.2) is 0 Å². The molecule has 2 aromatic carbocycles. The van der Waals surface area contributed by atoms with Crippen LogP contribution in [0.15, 0.2) is 39.7 Å². The SMILES string of the molecule is Nc1cc(NS(=O)(=O)c2c(Cl)cc(Br)cc2Cl)ccc1Cl. The second kappa shape index (κ2) is 6.22. The van der Waals surface area contributed by atoms with Gasteiger partial charge in [-0.1, -0.05) is 50.7 Å². The first-order valence-corrected chi connectivity index (χ1v) is 8.84. The average Bonchev–Trinajstić information content (AvgIpc) is 2.31. The Bertz CT molecular complexity index is 789. The van der Waals surface area contributed by atoms with Crippen LogP contribution in [0, 0.1) is 0 Å². The Labute approximate surface area is 145 Å². The third-order valence-electron chi connectivity index (χ3n) is 2.48. The van der Waals surface area contributed by atoms with E-state index in [0.717, 1.165) is 0 Å². The monoisotopic (exact) mass is 428 g/mol. The minimum Gasteiger partial charge on any atom is -0.397 e. The molecule has 4 nitrogen and oxygen atoms in total. The van der Waals surface area contributed by atoms with Gasteiger partial charge in [0, 0.05) is 4.47 Å². The highest BCUT2D eigenvalue weighted by Crippen LogP contribution is 2.34. The van der Waals surface area contributed by atoms with Gasteiger partial charge in [0.1, 0.15) is 4.90 Å². The lowest BCUT2D eigenvalue weighted by Gasteiger charge is -2.12. The number of anilines is 2. The number of rotatable bonds is 3. The Morgan fingerprint density at radius 1 is 1.00 bits per heavy atom. The molecule has 0 saturated heterocycles. The van der Waals surface area contributed by atoms with Gasteiger partial charge in [-0.25, -0.2) is 8.42 Å². The second-order valence-corrected chi connectivity index (χ2v) is 7.80. The van der Waals surface area contributed by atoms with Crippen LogP contribution in [0.1, 0.15) is 0 Å². The highest BCUT2D eigenvalue weighted by molar-refractivity contribution is 9.10. The van der Waals surface area contributed by atoms with Gasteiger partial charge in [-0.05, 0) is 30.3 Å². The summed E-state index contributed by atoms with van der Waals surface area (Å²) < 4.78 is 27.7. The van der Waals surface area contributed by atoms with Crippen molar-refractivity contribution in [2.45, 2.75) is 4.90 Å². The average molecular weight is 431 g/mol. The van der Waals surface area contributed by atoms with E-state index in [2.05, 4.69) is 20.7 Å². The molecule has 0 spiro atoms. The lowest BCUT2D eigenvalue weighted by molar-refractivity contribution is 0.601. The molecule has 9 heteroatoms. The van der Waals surface area contributed by atoms with Crippen molar-refractivity contribution in [3.05, 3.63) is 49.9 Å². The van der Waals surface area contributed by atoms with E-state index in [9.17, 15) is 8.42 Å². The van der Waals surface area contributed by atoms with E-state index in [-0.39, 0.29) is 26.3 Å². The zero-order chi connectivity index (χ0) is 15.8. The zero-order valence-corrected chi connectivity index (χ0v) is 14.9. The van der Waals surface area contributed by atoms with Gasteiger partial charge in [0.25, 0.3) is 10.0 Å². The summed E-state index contributed by atoms with van der Waals surface area (Å²) in [4.78, 5) is -0.206. The number of nitrogens with one attached hydrogen (secondary N) is 1. The van der Waals surface area contributed by atoms with Gasteiger partial charge >= 0.3 is 0 Å². The molecule has 0 atom stereocenters. The van der Waals surface area contributed by atoms with E-state index in [1.165, 1.54) is 30.3 Å². The Morgan fingerprint density at radius 3 is 2.10 bits per heavy atom. The van der Waals surface area contributed by atoms with Crippen molar-refractivity contribution in [1.82, 2.24) is 0 Å². The highest BCUT2D eigenvalue weighted by atomic mass is 79.9. The quantitative estimate of drug-likeness (QED) is 0.688. The number of nitrogens with two attached hydrogens (primary N) is 1. The first-order valence-electron chi connectivity index (χ1n) is 5.43. The maximum Gasteiger partial charge on any atom is 0.264 e. The fourth-order valence-corrected chi connectivity index (χ4v) is 4.71. The summed E-state index contributed by atoms with van der Waals surface area (Å²) in [5, 5.41) is 0.338. The largest absolute Gasteiger partial charge is 0.397 e. The molecule has 0 aromatic heterocycles. The molecule has 2 aromatic rings. The number of nitrogen functional groups attached to an aromatic ring is 1. The van der Waals surface area contributed by atoms with Crippen molar-refractivity contribution in [1.29, 1.82) is 0 Å². The van der Waals surface area contributed by atoms with Crippen molar-refractivity contribution in [2.75, 3.05) is 10.5 Å². The Kier molecular flexibility index (Phi) is 4.95.